The minimum absolute atomic E-state index is 0.00370. The molecule has 0 saturated heterocycles. The third-order valence-electron chi connectivity index (χ3n) is 19.2. The second-order valence-electron chi connectivity index (χ2n) is 27.8. The van der Waals surface area contributed by atoms with Crippen molar-refractivity contribution in [2.45, 2.75) is 155 Å². The zero-order valence-electron chi connectivity index (χ0n) is 45.8. The fourth-order valence-electron chi connectivity index (χ4n) is 14.5. The van der Waals surface area contributed by atoms with Gasteiger partial charge in [0, 0.05) is 75.7 Å². The molecule has 4 aromatic heterocycles. The van der Waals surface area contributed by atoms with Crippen LogP contribution in [-0.2, 0) is 32.5 Å². The van der Waals surface area contributed by atoms with Crippen molar-refractivity contribution in [1.82, 2.24) is 4.57 Å². The molecule has 7 aromatic carbocycles. The van der Waals surface area contributed by atoms with Crippen molar-refractivity contribution in [2.75, 3.05) is 4.81 Å². The number of aromatic nitrogens is 1. The number of rotatable bonds is 1. The van der Waals surface area contributed by atoms with E-state index < -0.39 is 0 Å². The summed E-state index contributed by atoms with van der Waals surface area (Å²) in [5.74, 6) is 0. The number of para-hydroxylation sites is 1. The Labute approximate surface area is 439 Å². The van der Waals surface area contributed by atoms with Gasteiger partial charge in [0.05, 0.1) is 16.7 Å². The molecular weight excluding hydrogens is 920 g/mol. The maximum Gasteiger partial charge on any atom is 0.343 e. The summed E-state index contributed by atoms with van der Waals surface area (Å²) in [6.07, 6.45) is 4.66. The summed E-state index contributed by atoms with van der Waals surface area (Å²) < 4.78 is 20.1. The molecule has 4 aliphatic rings. The number of thiophene rings is 1. The van der Waals surface area contributed by atoms with Gasteiger partial charge >= 0.3 is 6.85 Å². The SMILES string of the molecule is CC(C)(C)c1ccc(N2B3c4sc5cc6c(cc5c4-n4c5ccc(C(C)(C)C)cc5c5c7c(oc8ccccc87)c(c3c54)-c3cc4c(cc32)oc2cc3c(cc24)C(C)(C)CCC3(C)C)C(C)(C)CCC6(C)C)cc1. The molecule has 4 nitrogen and oxygen atoms in total. The van der Waals surface area contributed by atoms with Gasteiger partial charge in [-0.15, -0.1) is 11.3 Å². The molecule has 0 N–H and O–H groups in total. The van der Waals surface area contributed by atoms with Gasteiger partial charge in [-0.1, -0.05) is 133 Å². The zero-order valence-corrected chi connectivity index (χ0v) is 46.7. The maximum atomic E-state index is 7.46. The van der Waals surface area contributed by atoms with E-state index in [1.165, 1.54) is 122 Å². The topological polar surface area (TPSA) is 34.5 Å². The minimum Gasteiger partial charge on any atom is -0.456 e. The summed E-state index contributed by atoms with van der Waals surface area (Å²) in [5, 5.41) is 8.64. The van der Waals surface area contributed by atoms with E-state index in [9.17, 15) is 0 Å². The molecule has 0 bridgehead atoms. The standard InChI is InChI=1S/C68H67BN2O2S/c1-63(2,3)36-19-22-38(23-20-36)71-50-35-53-40(41-31-45-47(33-52(41)72-53)67(11,12)27-25-65(45,7)8)30-43(50)57-58-60-55(56-39-17-15-16-18-51(39)73-61(56)57)42-29-37(64(4,5)6)21-24-49(42)70(60)59-44-32-46-48(34-54(44)74-62(59)69(58)71)68(13,14)28-26-66(46,9)10/h15-24,29-35H,25-28H2,1-14H3. The number of fused-ring (bicyclic) bond motifs is 20. The van der Waals surface area contributed by atoms with Gasteiger partial charge < -0.3 is 18.2 Å². The molecule has 74 heavy (non-hydrogen) atoms. The number of furan rings is 2. The molecule has 0 radical (unpaired) electrons. The van der Waals surface area contributed by atoms with Crippen LogP contribution in [0.4, 0.5) is 11.4 Å². The summed E-state index contributed by atoms with van der Waals surface area (Å²) in [4.78, 5) is 2.70. The molecule has 0 spiro atoms. The molecule has 2 aliphatic heterocycles. The monoisotopic (exact) mass is 987 g/mol. The van der Waals surface area contributed by atoms with Crippen LogP contribution < -0.4 is 15.1 Å². The first kappa shape index (κ1) is 45.2. The molecule has 370 valence electrons. The number of hydrogen-bond acceptors (Lipinski definition) is 4. The predicted molar refractivity (Wildman–Crippen MR) is 318 cm³/mol. The van der Waals surface area contributed by atoms with Gasteiger partial charge in [0.1, 0.15) is 22.3 Å². The molecular formula is C68H67BN2O2S. The van der Waals surface area contributed by atoms with Crippen LogP contribution in [0.25, 0.3) is 92.6 Å². The van der Waals surface area contributed by atoms with E-state index in [0.29, 0.717) is 0 Å². The lowest BCUT2D eigenvalue weighted by Gasteiger charge is -2.42. The second kappa shape index (κ2) is 14.0. The van der Waals surface area contributed by atoms with Crippen molar-refractivity contribution < 1.29 is 8.83 Å². The number of hydrogen-bond donors (Lipinski definition) is 0. The summed E-state index contributed by atoms with van der Waals surface area (Å²) in [7, 11) is 0. The number of nitrogens with zero attached hydrogens (tertiary/aromatic N) is 2. The molecule has 15 rings (SSSR count). The number of anilines is 2. The van der Waals surface area contributed by atoms with Gasteiger partial charge in [-0.3, -0.25) is 0 Å². The fraction of sp³-hybridized carbons (Fsp3) is 0.353. The average molecular weight is 987 g/mol. The quantitative estimate of drug-likeness (QED) is 0.154. The van der Waals surface area contributed by atoms with E-state index in [1.54, 1.807) is 0 Å². The van der Waals surface area contributed by atoms with Crippen LogP contribution in [0.1, 0.15) is 156 Å². The van der Waals surface area contributed by atoms with Crippen LogP contribution >= 0.6 is 11.3 Å². The zero-order chi connectivity index (χ0) is 51.3. The lowest BCUT2D eigenvalue weighted by Crippen LogP contribution is -2.59. The van der Waals surface area contributed by atoms with Gasteiger partial charge in [-0.25, -0.2) is 0 Å². The Morgan fingerprint density at radius 2 is 1.11 bits per heavy atom. The van der Waals surface area contributed by atoms with Crippen molar-refractivity contribution in [1.29, 1.82) is 0 Å². The smallest absolute Gasteiger partial charge is 0.343 e. The Morgan fingerprint density at radius 3 is 1.77 bits per heavy atom. The second-order valence-corrected chi connectivity index (χ2v) is 28.9. The van der Waals surface area contributed by atoms with Gasteiger partial charge in [0.2, 0.25) is 0 Å². The third-order valence-corrected chi connectivity index (χ3v) is 20.4. The van der Waals surface area contributed by atoms with E-state index in [0.717, 1.165) is 51.6 Å². The van der Waals surface area contributed by atoms with Gasteiger partial charge in [-0.2, -0.15) is 0 Å². The van der Waals surface area contributed by atoms with Crippen molar-refractivity contribution >= 4 is 116 Å². The molecule has 11 aromatic rings. The molecule has 0 fully saturated rings. The van der Waals surface area contributed by atoms with Crippen LogP contribution in [-0.4, -0.2) is 11.4 Å². The van der Waals surface area contributed by atoms with E-state index in [-0.39, 0.29) is 39.3 Å². The molecule has 0 atom stereocenters. The molecule has 0 saturated carbocycles. The van der Waals surface area contributed by atoms with Crippen molar-refractivity contribution in [2.24, 2.45) is 0 Å². The van der Waals surface area contributed by atoms with Crippen LogP contribution in [0.2, 0.25) is 0 Å². The van der Waals surface area contributed by atoms with Gasteiger partial charge in [-0.05, 0) is 158 Å². The Morgan fingerprint density at radius 1 is 0.527 bits per heavy atom. The Balaban J connectivity index is 1.16. The fourth-order valence-corrected chi connectivity index (χ4v) is 15.8. The lowest BCUT2D eigenvalue weighted by atomic mass is 9.47. The van der Waals surface area contributed by atoms with Gasteiger partial charge in [0.25, 0.3) is 0 Å². The lowest BCUT2D eigenvalue weighted by molar-refractivity contribution is 0.332. The maximum absolute atomic E-state index is 7.46. The summed E-state index contributed by atoms with van der Waals surface area (Å²) in [5.41, 5.74) is 22.4. The summed E-state index contributed by atoms with van der Waals surface area (Å²) in [6.45, 7) is 33.4. The average Bonchev–Trinajstić information content (AvgIpc) is 4.28. The van der Waals surface area contributed by atoms with Crippen molar-refractivity contribution in [3.63, 3.8) is 0 Å². The first-order valence-corrected chi connectivity index (χ1v) is 28.3. The van der Waals surface area contributed by atoms with Crippen molar-refractivity contribution in [3.05, 3.63) is 137 Å². The van der Waals surface area contributed by atoms with Crippen LogP contribution in [0.15, 0.2) is 112 Å². The third kappa shape index (κ3) is 5.82. The highest BCUT2D eigenvalue weighted by Gasteiger charge is 2.49. The summed E-state index contributed by atoms with van der Waals surface area (Å²) >= 11 is 2.01. The first-order chi connectivity index (χ1) is 34.9. The van der Waals surface area contributed by atoms with E-state index in [2.05, 4.69) is 209 Å². The Hall–Kier alpha value is -6.24. The highest BCUT2D eigenvalue weighted by Crippen LogP contribution is 2.56. The molecule has 6 heterocycles. The minimum atomic E-state index is -0.168. The van der Waals surface area contributed by atoms with Crippen molar-refractivity contribution in [3.8, 4) is 16.8 Å². The molecule has 6 heteroatoms. The van der Waals surface area contributed by atoms with E-state index >= 15 is 0 Å². The first-order valence-electron chi connectivity index (χ1n) is 27.4. The van der Waals surface area contributed by atoms with E-state index in [1.807, 2.05) is 11.3 Å². The van der Waals surface area contributed by atoms with Crippen LogP contribution in [0.5, 0.6) is 0 Å². The van der Waals surface area contributed by atoms with Crippen LogP contribution in [0, 0.1) is 0 Å². The summed E-state index contributed by atoms with van der Waals surface area (Å²) in [6, 6.07) is 40.7. The molecule has 0 amide bonds. The molecule has 2 aliphatic carbocycles. The normalized spacial score (nSPS) is 18.3. The van der Waals surface area contributed by atoms with Crippen LogP contribution in [0.3, 0.4) is 0 Å². The Bertz CT molecular complexity index is 4340. The predicted octanol–water partition coefficient (Wildman–Crippen LogP) is 18.3. The van der Waals surface area contributed by atoms with Gasteiger partial charge in [0.15, 0.2) is 0 Å². The molecule has 0 unspecified atom stereocenters. The largest absolute Gasteiger partial charge is 0.456 e. The highest BCUT2D eigenvalue weighted by molar-refractivity contribution is 7.32. The Kier molecular flexibility index (Phi) is 8.53. The number of benzene rings is 7. The van der Waals surface area contributed by atoms with E-state index in [4.69, 9.17) is 8.83 Å². The highest BCUT2D eigenvalue weighted by atomic mass is 32.1.